The van der Waals surface area contributed by atoms with Gasteiger partial charge in [-0.2, -0.15) is 0 Å². The Labute approximate surface area is 124 Å². The number of methoxy groups -OCH3 is 1. The van der Waals surface area contributed by atoms with Crippen LogP contribution in [0.4, 0.5) is 0 Å². The molecule has 0 aliphatic heterocycles. The van der Waals surface area contributed by atoms with E-state index in [-0.39, 0.29) is 16.8 Å². The number of carbonyl (C=O) groups is 1. The van der Waals surface area contributed by atoms with Crippen LogP contribution in [-0.2, 0) is 9.53 Å². The zero-order chi connectivity index (χ0) is 15.6. The van der Waals surface area contributed by atoms with Gasteiger partial charge in [-0.05, 0) is 36.5 Å². The van der Waals surface area contributed by atoms with Crippen molar-refractivity contribution in [2.45, 2.75) is 78.7 Å². The number of unbranched alkanes of at least 4 members (excludes halogenated alkanes) is 1. The van der Waals surface area contributed by atoms with Crippen LogP contribution in [0.2, 0.25) is 0 Å². The van der Waals surface area contributed by atoms with Crippen LogP contribution >= 0.6 is 0 Å². The summed E-state index contributed by atoms with van der Waals surface area (Å²) in [4.78, 5) is 12.2. The van der Waals surface area contributed by atoms with E-state index in [0.717, 1.165) is 19.3 Å². The Morgan fingerprint density at radius 2 is 1.65 bits per heavy atom. The summed E-state index contributed by atoms with van der Waals surface area (Å²) in [5.74, 6) is -0.652. The third-order valence-corrected chi connectivity index (χ3v) is 4.51. The average molecular weight is 284 g/mol. The molecule has 0 amide bonds. The van der Waals surface area contributed by atoms with Crippen LogP contribution in [0.25, 0.3) is 0 Å². The summed E-state index contributed by atoms with van der Waals surface area (Å²) in [7, 11) is 1.42. The summed E-state index contributed by atoms with van der Waals surface area (Å²) in [5.41, 5.74) is -0.836. The number of hydrogen-bond donors (Lipinski definition) is 1. The van der Waals surface area contributed by atoms with Crippen LogP contribution in [0.15, 0.2) is 0 Å². The van der Waals surface area contributed by atoms with Crippen LogP contribution < -0.4 is 0 Å². The first-order chi connectivity index (χ1) is 9.05. The molecule has 1 atom stereocenters. The van der Waals surface area contributed by atoms with Gasteiger partial charge >= 0.3 is 5.97 Å². The summed E-state index contributed by atoms with van der Waals surface area (Å²) in [6.07, 6.45) is 5.11. The molecule has 3 nitrogen and oxygen atoms in total. The van der Waals surface area contributed by atoms with Crippen molar-refractivity contribution in [1.29, 1.82) is 0 Å². The van der Waals surface area contributed by atoms with E-state index in [1.54, 1.807) is 0 Å². The van der Waals surface area contributed by atoms with Crippen LogP contribution in [0.1, 0.15) is 73.1 Å². The molecule has 0 aromatic heterocycles. The van der Waals surface area contributed by atoms with Crippen molar-refractivity contribution in [3.63, 3.8) is 0 Å². The minimum Gasteiger partial charge on any atom is -0.469 e. The summed E-state index contributed by atoms with van der Waals surface area (Å²) >= 11 is 0. The highest BCUT2D eigenvalue weighted by Gasteiger charge is 2.52. The van der Waals surface area contributed by atoms with Gasteiger partial charge < -0.3 is 9.84 Å². The molecule has 0 heterocycles. The molecule has 1 rings (SSSR count). The maximum Gasteiger partial charge on any atom is 0.311 e. The molecule has 0 aromatic carbocycles. The normalized spacial score (nSPS) is 24.9. The van der Waals surface area contributed by atoms with Crippen molar-refractivity contribution < 1.29 is 14.6 Å². The molecule has 1 N–H and O–H groups in total. The quantitative estimate of drug-likeness (QED) is 0.778. The second-order valence-electron chi connectivity index (χ2n) is 8.18. The molecule has 118 valence electrons. The van der Waals surface area contributed by atoms with Crippen molar-refractivity contribution in [2.24, 2.45) is 16.7 Å². The van der Waals surface area contributed by atoms with Gasteiger partial charge in [0.1, 0.15) is 0 Å². The SMILES string of the molecule is CCCCC(C(=O)OC)C1(O)CC(C)(C)CC(C)(C)C1. The van der Waals surface area contributed by atoms with E-state index in [1.165, 1.54) is 7.11 Å². The highest BCUT2D eigenvalue weighted by atomic mass is 16.5. The van der Waals surface area contributed by atoms with Crippen LogP contribution in [0.3, 0.4) is 0 Å². The average Bonchev–Trinajstić information content (AvgIpc) is 2.23. The Hall–Kier alpha value is -0.570. The maximum atomic E-state index is 12.2. The second kappa shape index (κ2) is 6.05. The fraction of sp³-hybridized carbons (Fsp3) is 0.941. The first kappa shape index (κ1) is 17.5. The first-order valence-electron chi connectivity index (χ1n) is 7.85. The number of ether oxygens (including phenoxy) is 1. The van der Waals surface area contributed by atoms with Gasteiger partial charge in [0.25, 0.3) is 0 Å². The minimum absolute atomic E-state index is 0.0506. The topological polar surface area (TPSA) is 46.5 Å². The van der Waals surface area contributed by atoms with Gasteiger partial charge in [0.2, 0.25) is 0 Å². The van der Waals surface area contributed by atoms with E-state index in [4.69, 9.17) is 4.74 Å². The molecular formula is C17H32O3. The van der Waals surface area contributed by atoms with Gasteiger partial charge in [-0.15, -0.1) is 0 Å². The lowest BCUT2D eigenvalue weighted by atomic mass is 9.56. The van der Waals surface area contributed by atoms with Gasteiger partial charge in [0, 0.05) is 0 Å². The maximum absolute atomic E-state index is 12.2. The van der Waals surface area contributed by atoms with Gasteiger partial charge in [0.05, 0.1) is 18.6 Å². The number of aliphatic hydroxyl groups is 1. The monoisotopic (exact) mass is 284 g/mol. The molecular weight excluding hydrogens is 252 g/mol. The van der Waals surface area contributed by atoms with Crippen molar-refractivity contribution in [3.05, 3.63) is 0 Å². The standard InChI is InChI=1S/C17H32O3/c1-7-8-9-13(14(18)20-6)17(19)11-15(2,3)10-16(4,5)12-17/h13,19H,7-12H2,1-6H3. The molecule has 0 aromatic rings. The number of carbonyl (C=O) groups excluding carboxylic acids is 1. The Morgan fingerprint density at radius 1 is 1.15 bits per heavy atom. The third-order valence-electron chi connectivity index (χ3n) is 4.51. The lowest BCUT2D eigenvalue weighted by molar-refractivity contribution is -0.170. The molecule has 1 aliphatic rings. The molecule has 1 fully saturated rings. The van der Waals surface area contributed by atoms with Gasteiger partial charge in [-0.25, -0.2) is 0 Å². The summed E-state index contributed by atoms with van der Waals surface area (Å²) < 4.78 is 4.97. The van der Waals surface area contributed by atoms with E-state index >= 15 is 0 Å². The summed E-state index contributed by atoms with van der Waals surface area (Å²) in [6, 6.07) is 0. The molecule has 20 heavy (non-hydrogen) atoms. The fourth-order valence-corrected chi connectivity index (χ4v) is 4.54. The van der Waals surface area contributed by atoms with Crippen LogP contribution in [0, 0.1) is 16.7 Å². The number of hydrogen-bond acceptors (Lipinski definition) is 3. The zero-order valence-electron chi connectivity index (χ0n) is 14.1. The van der Waals surface area contributed by atoms with Crippen LogP contribution in [-0.4, -0.2) is 23.8 Å². The highest BCUT2D eigenvalue weighted by molar-refractivity contribution is 5.73. The van der Waals surface area contributed by atoms with Crippen LogP contribution in [0.5, 0.6) is 0 Å². The Bertz CT molecular complexity index is 328. The molecule has 3 heteroatoms. The van der Waals surface area contributed by atoms with E-state index in [9.17, 15) is 9.90 Å². The summed E-state index contributed by atoms with van der Waals surface area (Å²) in [6.45, 7) is 10.9. The third kappa shape index (κ3) is 4.21. The zero-order valence-corrected chi connectivity index (χ0v) is 14.1. The largest absolute Gasteiger partial charge is 0.469 e. The molecule has 0 saturated heterocycles. The van der Waals surface area contributed by atoms with Crippen molar-refractivity contribution >= 4 is 5.97 Å². The van der Waals surface area contributed by atoms with Crippen molar-refractivity contribution in [1.82, 2.24) is 0 Å². The van der Waals surface area contributed by atoms with E-state index in [1.807, 2.05) is 0 Å². The second-order valence-corrected chi connectivity index (χ2v) is 8.18. The van der Waals surface area contributed by atoms with Crippen molar-refractivity contribution in [3.8, 4) is 0 Å². The molecule has 0 bridgehead atoms. The number of esters is 1. The minimum atomic E-state index is -0.937. The Balaban J connectivity index is 3.04. The first-order valence-corrected chi connectivity index (χ1v) is 7.85. The summed E-state index contributed by atoms with van der Waals surface area (Å²) in [5, 5.41) is 11.2. The van der Waals surface area contributed by atoms with Crippen molar-refractivity contribution in [2.75, 3.05) is 7.11 Å². The molecule has 1 aliphatic carbocycles. The van der Waals surface area contributed by atoms with Gasteiger partial charge in [0.15, 0.2) is 0 Å². The molecule has 1 unspecified atom stereocenters. The highest BCUT2D eigenvalue weighted by Crippen LogP contribution is 2.53. The van der Waals surface area contributed by atoms with E-state index < -0.39 is 11.5 Å². The molecule has 1 saturated carbocycles. The Kier molecular flexibility index (Phi) is 5.29. The lowest BCUT2D eigenvalue weighted by Gasteiger charge is -2.51. The van der Waals surface area contributed by atoms with Gasteiger partial charge in [-0.3, -0.25) is 4.79 Å². The smallest absolute Gasteiger partial charge is 0.311 e. The fourth-order valence-electron chi connectivity index (χ4n) is 4.54. The molecule has 0 spiro atoms. The predicted octanol–water partition coefficient (Wildman–Crippen LogP) is 3.93. The number of rotatable bonds is 5. The van der Waals surface area contributed by atoms with E-state index in [2.05, 4.69) is 34.6 Å². The predicted molar refractivity (Wildman–Crippen MR) is 81.4 cm³/mol. The molecule has 0 radical (unpaired) electrons. The van der Waals surface area contributed by atoms with Gasteiger partial charge in [-0.1, -0.05) is 47.5 Å². The Morgan fingerprint density at radius 3 is 2.05 bits per heavy atom. The van der Waals surface area contributed by atoms with E-state index in [0.29, 0.717) is 19.3 Å². The lowest BCUT2D eigenvalue weighted by Crippen LogP contribution is -2.53.